The monoisotopic (exact) mass is 382 g/mol. The van der Waals surface area contributed by atoms with Gasteiger partial charge in [-0.15, -0.1) is 12.4 Å². The summed E-state index contributed by atoms with van der Waals surface area (Å²) in [4.78, 5) is 26.2. The highest BCUT2D eigenvalue weighted by Crippen LogP contribution is 2.26. The summed E-state index contributed by atoms with van der Waals surface area (Å²) in [5.41, 5.74) is 7.06. The number of rotatable bonds is 3. The van der Waals surface area contributed by atoms with E-state index in [1.165, 1.54) is 0 Å². The van der Waals surface area contributed by atoms with Gasteiger partial charge >= 0.3 is 0 Å². The number of hydrogen-bond donors (Lipinski definition) is 2. The van der Waals surface area contributed by atoms with E-state index in [2.05, 4.69) is 5.32 Å². The maximum Gasteiger partial charge on any atom is 0.271 e. The molecule has 25 heavy (non-hydrogen) atoms. The Kier molecular flexibility index (Phi) is 6.11. The van der Waals surface area contributed by atoms with E-state index >= 15 is 0 Å². The van der Waals surface area contributed by atoms with Gasteiger partial charge in [0.05, 0.1) is 11.6 Å². The summed E-state index contributed by atoms with van der Waals surface area (Å²) in [6.45, 7) is 1.95. The second-order valence-corrected chi connectivity index (χ2v) is 6.30. The fourth-order valence-electron chi connectivity index (χ4n) is 3.02. The van der Waals surface area contributed by atoms with E-state index in [0.717, 1.165) is 12.1 Å². The van der Waals surface area contributed by atoms with Crippen molar-refractivity contribution >= 4 is 35.8 Å². The van der Waals surface area contributed by atoms with Crippen LogP contribution in [0.25, 0.3) is 0 Å². The average Bonchev–Trinajstić information content (AvgIpc) is 2.96. The third-order valence-corrected chi connectivity index (χ3v) is 4.48. The van der Waals surface area contributed by atoms with Crippen molar-refractivity contribution in [1.29, 1.82) is 0 Å². The third-order valence-electron chi connectivity index (χ3n) is 4.25. The number of halogens is 2. The van der Waals surface area contributed by atoms with Crippen LogP contribution in [0.5, 0.6) is 0 Å². The first-order chi connectivity index (χ1) is 11.5. The summed E-state index contributed by atoms with van der Waals surface area (Å²) in [5, 5.41) is 3.95. The number of nitrogens with one attached hydrogen (secondary N) is 1. The summed E-state index contributed by atoms with van der Waals surface area (Å²) in [5.74, 6) is -0.673. The van der Waals surface area contributed by atoms with Gasteiger partial charge in [0, 0.05) is 37.9 Å². The topological polar surface area (TPSA) is 80.4 Å². The number of hydrogen-bond acceptors (Lipinski definition) is 3. The number of piperazine rings is 1. The Morgan fingerprint density at radius 3 is 2.72 bits per heavy atom. The van der Waals surface area contributed by atoms with Gasteiger partial charge < -0.3 is 20.5 Å². The van der Waals surface area contributed by atoms with Crippen LogP contribution in [0.3, 0.4) is 0 Å². The Morgan fingerprint density at radius 2 is 2.08 bits per heavy atom. The van der Waals surface area contributed by atoms with Crippen LogP contribution in [0.4, 0.5) is 0 Å². The number of benzene rings is 1. The van der Waals surface area contributed by atoms with Crippen LogP contribution in [-0.2, 0) is 7.05 Å². The smallest absolute Gasteiger partial charge is 0.271 e. The first-order valence-electron chi connectivity index (χ1n) is 7.70. The predicted molar refractivity (Wildman–Crippen MR) is 99.3 cm³/mol. The lowest BCUT2D eigenvalue weighted by atomic mass is 10.0. The zero-order chi connectivity index (χ0) is 17.3. The number of nitrogens with zero attached hydrogens (tertiary/aromatic N) is 2. The Bertz CT molecular complexity index is 791. The van der Waals surface area contributed by atoms with Gasteiger partial charge in [0.25, 0.3) is 5.91 Å². The predicted octanol–water partition coefficient (Wildman–Crippen LogP) is 1.99. The second kappa shape index (κ2) is 7.91. The molecule has 1 aromatic heterocycles. The molecular formula is C17H20Cl2N4O2. The molecule has 1 saturated heterocycles. The van der Waals surface area contributed by atoms with Crippen LogP contribution in [0.1, 0.15) is 32.5 Å². The molecule has 1 aromatic carbocycles. The number of aryl methyl sites for hydroxylation is 1. The van der Waals surface area contributed by atoms with Crippen molar-refractivity contribution in [2.24, 2.45) is 12.8 Å². The van der Waals surface area contributed by atoms with E-state index in [4.69, 9.17) is 17.3 Å². The highest BCUT2D eigenvalue weighted by molar-refractivity contribution is 6.30. The van der Waals surface area contributed by atoms with Crippen molar-refractivity contribution in [1.82, 2.24) is 14.8 Å². The van der Waals surface area contributed by atoms with Gasteiger partial charge in [-0.25, -0.2) is 0 Å². The molecule has 8 heteroatoms. The lowest BCUT2D eigenvalue weighted by Crippen LogP contribution is -2.49. The van der Waals surface area contributed by atoms with Gasteiger partial charge in [-0.2, -0.15) is 0 Å². The number of carbonyl (C=O) groups excluding carboxylic acids is 2. The highest BCUT2D eigenvalue weighted by atomic mass is 35.5. The van der Waals surface area contributed by atoms with Crippen molar-refractivity contribution < 1.29 is 9.59 Å². The third kappa shape index (κ3) is 3.98. The molecule has 6 nitrogen and oxygen atoms in total. The maximum absolute atomic E-state index is 13.0. The molecule has 1 fully saturated rings. The summed E-state index contributed by atoms with van der Waals surface area (Å²) in [6, 6.07) is 8.95. The molecule has 0 saturated carbocycles. The molecule has 0 spiro atoms. The number of amides is 2. The van der Waals surface area contributed by atoms with Gasteiger partial charge in [0.1, 0.15) is 5.69 Å². The first-order valence-corrected chi connectivity index (χ1v) is 8.08. The van der Waals surface area contributed by atoms with E-state index in [9.17, 15) is 9.59 Å². The second-order valence-electron chi connectivity index (χ2n) is 5.86. The molecule has 3 N–H and O–H groups in total. The maximum atomic E-state index is 13.0. The molecule has 134 valence electrons. The lowest BCUT2D eigenvalue weighted by Gasteiger charge is -2.36. The van der Waals surface area contributed by atoms with Gasteiger partial charge in [-0.1, -0.05) is 23.7 Å². The van der Waals surface area contributed by atoms with Crippen LogP contribution >= 0.6 is 24.0 Å². The summed E-state index contributed by atoms with van der Waals surface area (Å²) >= 11 is 6.09. The molecule has 1 unspecified atom stereocenters. The summed E-state index contributed by atoms with van der Waals surface area (Å²) < 4.78 is 1.64. The Morgan fingerprint density at radius 1 is 1.32 bits per heavy atom. The molecule has 1 atom stereocenters. The average molecular weight is 383 g/mol. The van der Waals surface area contributed by atoms with Crippen molar-refractivity contribution in [2.45, 2.75) is 6.04 Å². The molecule has 1 aliphatic rings. The number of primary amides is 1. The standard InChI is InChI=1S/C17H19ClN4O2.ClH/c1-21-10-12(16(19)23)8-14(21)17(24)22-6-5-20-9-15(22)11-3-2-4-13(18)7-11;/h2-4,7-8,10,15,20H,5-6,9H2,1H3,(H2,19,23);1H. The molecule has 2 heterocycles. The van der Waals surface area contributed by atoms with Crippen LogP contribution in [0.2, 0.25) is 5.02 Å². The highest BCUT2D eigenvalue weighted by Gasteiger charge is 2.30. The molecule has 2 amide bonds. The number of nitrogens with two attached hydrogens (primary N) is 1. The normalized spacial score (nSPS) is 17.0. The molecule has 1 aliphatic heterocycles. The fourth-order valence-corrected chi connectivity index (χ4v) is 3.22. The van der Waals surface area contributed by atoms with Crippen LogP contribution in [-0.4, -0.2) is 40.9 Å². The minimum absolute atomic E-state index is 0. The van der Waals surface area contributed by atoms with E-state index in [-0.39, 0.29) is 24.4 Å². The summed E-state index contributed by atoms with van der Waals surface area (Å²) in [6.07, 6.45) is 1.58. The van der Waals surface area contributed by atoms with Gasteiger partial charge in [0.2, 0.25) is 5.91 Å². The zero-order valence-electron chi connectivity index (χ0n) is 13.7. The molecule has 2 aromatic rings. The van der Waals surface area contributed by atoms with Crippen molar-refractivity contribution in [2.75, 3.05) is 19.6 Å². The molecular weight excluding hydrogens is 363 g/mol. The zero-order valence-corrected chi connectivity index (χ0v) is 15.3. The van der Waals surface area contributed by atoms with E-state index < -0.39 is 5.91 Å². The van der Waals surface area contributed by atoms with E-state index in [1.54, 1.807) is 23.9 Å². The molecule has 0 bridgehead atoms. The van der Waals surface area contributed by atoms with E-state index in [1.807, 2.05) is 29.2 Å². The molecule has 3 rings (SSSR count). The van der Waals surface area contributed by atoms with Crippen molar-refractivity contribution in [3.05, 3.63) is 58.4 Å². The summed E-state index contributed by atoms with van der Waals surface area (Å²) in [7, 11) is 1.73. The van der Waals surface area contributed by atoms with E-state index in [0.29, 0.717) is 29.4 Å². The largest absolute Gasteiger partial charge is 0.366 e. The van der Waals surface area contributed by atoms with Gasteiger partial charge in [0.15, 0.2) is 0 Å². The minimum Gasteiger partial charge on any atom is -0.366 e. The van der Waals surface area contributed by atoms with Crippen molar-refractivity contribution in [3.8, 4) is 0 Å². The lowest BCUT2D eigenvalue weighted by molar-refractivity contribution is 0.0624. The quantitative estimate of drug-likeness (QED) is 0.851. The van der Waals surface area contributed by atoms with Gasteiger partial charge in [-0.3, -0.25) is 9.59 Å². The Balaban J connectivity index is 0.00000225. The van der Waals surface area contributed by atoms with Crippen LogP contribution in [0, 0.1) is 0 Å². The SMILES string of the molecule is Cl.Cn1cc(C(N)=O)cc1C(=O)N1CCNCC1c1cccc(Cl)c1. The first kappa shape index (κ1) is 19.3. The fraction of sp³-hybridized carbons (Fsp3) is 0.294. The van der Waals surface area contributed by atoms with Crippen molar-refractivity contribution in [3.63, 3.8) is 0 Å². The minimum atomic E-state index is -0.545. The molecule has 0 aliphatic carbocycles. The number of carbonyl (C=O) groups is 2. The Labute approximate surface area is 157 Å². The Hall–Kier alpha value is -2.02. The van der Waals surface area contributed by atoms with Crippen LogP contribution in [0.15, 0.2) is 36.5 Å². The van der Waals surface area contributed by atoms with Crippen LogP contribution < -0.4 is 11.1 Å². The number of aromatic nitrogens is 1. The van der Waals surface area contributed by atoms with Gasteiger partial charge in [-0.05, 0) is 23.8 Å². The molecule has 0 radical (unpaired) electrons.